The van der Waals surface area contributed by atoms with Crippen molar-refractivity contribution in [3.8, 4) is 6.07 Å². The van der Waals surface area contributed by atoms with Gasteiger partial charge in [0.25, 0.3) is 5.91 Å². The zero-order chi connectivity index (χ0) is 16.9. The van der Waals surface area contributed by atoms with Gasteiger partial charge in [0.15, 0.2) is 11.2 Å². The number of ether oxygens (including phenoxy) is 1. The second kappa shape index (κ2) is 7.58. The molecule has 1 saturated heterocycles. The van der Waals surface area contributed by atoms with Crippen molar-refractivity contribution in [2.45, 2.75) is 18.7 Å². The smallest absolute Gasteiger partial charge is 0.250 e. The maximum atomic E-state index is 12.8. The Morgan fingerprint density at radius 2 is 1.96 bits per heavy atom. The normalized spacial score (nSPS) is 18.6. The molecule has 122 valence electrons. The van der Waals surface area contributed by atoms with Gasteiger partial charge in [-0.15, -0.1) is 11.6 Å². The largest absolute Gasteiger partial charge is 0.378 e. The highest BCUT2D eigenvalue weighted by Crippen LogP contribution is 2.37. The van der Waals surface area contributed by atoms with Gasteiger partial charge in [-0.25, -0.2) is 0 Å². The number of ketones is 1. The second-order valence-electron chi connectivity index (χ2n) is 5.56. The summed E-state index contributed by atoms with van der Waals surface area (Å²) in [4.78, 5) is 26.5. The first-order valence-electron chi connectivity index (χ1n) is 7.49. The Bertz CT molecular complexity index is 608. The van der Waals surface area contributed by atoms with Crippen LogP contribution in [-0.4, -0.2) is 42.9 Å². The molecule has 1 aliphatic rings. The van der Waals surface area contributed by atoms with E-state index in [-0.39, 0.29) is 6.42 Å². The summed E-state index contributed by atoms with van der Waals surface area (Å²) in [6.07, 6.45) is -0.0411. The average molecular weight is 335 g/mol. The molecule has 0 aromatic heterocycles. The fraction of sp³-hybridized carbons (Fsp3) is 0.471. The lowest BCUT2D eigenvalue weighted by Gasteiger charge is -2.34. The minimum absolute atomic E-state index is 0.0411. The first-order chi connectivity index (χ1) is 11.0. The highest BCUT2D eigenvalue weighted by Gasteiger charge is 2.48. The monoisotopic (exact) mass is 334 g/mol. The van der Waals surface area contributed by atoms with Crippen LogP contribution in [0.4, 0.5) is 0 Å². The number of carbonyl (C=O) groups is 2. The molecule has 1 fully saturated rings. The molecule has 1 amide bonds. The Kier molecular flexibility index (Phi) is 5.75. The molecule has 1 aromatic rings. The summed E-state index contributed by atoms with van der Waals surface area (Å²) in [5.74, 6) is -0.949. The number of morpholine rings is 1. The van der Waals surface area contributed by atoms with Crippen molar-refractivity contribution < 1.29 is 14.3 Å². The summed E-state index contributed by atoms with van der Waals surface area (Å²) in [6.45, 7) is 2.86. The second-order valence-corrected chi connectivity index (χ2v) is 6.09. The van der Waals surface area contributed by atoms with Gasteiger partial charge in [0.05, 0.1) is 24.7 Å². The quantitative estimate of drug-likeness (QED) is 0.612. The predicted molar refractivity (Wildman–Crippen MR) is 85.8 cm³/mol. The third-order valence-electron chi connectivity index (χ3n) is 4.10. The summed E-state index contributed by atoms with van der Waals surface area (Å²) >= 11 is 6.40. The van der Waals surface area contributed by atoms with Crippen LogP contribution in [0.2, 0.25) is 0 Å². The molecule has 0 spiro atoms. The highest BCUT2D eigenvalue weighted by atomic mass is 35.5. The first kappa shape index (κ1) is 17.5. The molecule has 1 aromatic carbocycles. The lowest BCUT2D eigenvalue weighted by atomic mass is 9.78. The number of benzene rings is 1. The van der Waals surface area contributed by atoms with Gasteiger partial charge in [-0.05, 0) is 12.5 Å². The fourth-order valence-corrected chi connectivity index (χ4v) is 3.02. The number of halogens is 1. The van der Waals surface area contributed by atoms with Crippen LogP contribution in [0.15, 0.2) is 30.3 Å². The van der Waals surface area contributed by atoms with Gasteiger partial charge >= 0.3 is 0 Å². The molecule has 0 N–H and O–H groups in total. The van der Waals surface area contributed by atoms with E-state index >= 15 is 0 Å². The predicted octanol–water partition coefficient (Wildman–Crippen LogP) is 2.31. The van der Waals surface area contributed by atoms with E-state index < -0.39 is 22.5 Å². The Morgan fingerprint density at radius 3 is 2.48 bits per heavy atom. The molecule has 2 unspecified atom stereocenters. The summed E-state index contributed by atoms with van der Waals surface area (Å²) in [5, 5.41) is 9.04. The maximum absolute atomic E-state index is 12.8. The number of nitriles is 1. The lowest BCUT2D eigenvalue weighted by Crippen LogP contribution is -2.51. The van der Waals surface area contributed by atoms with Crippen LogP contribution >= 0.6 is 11.6 Å². The van der Waals surface area contributed by atoms with Crippen LogP contribution in [0.1, 0.15) is 24.3 Å². The standard InChI is InChI=1S/C17H19ClN2O3/c1-13(21)17(12-19,16(22)20-7-9-23-10-8-20)11-15(18)14-5-3-2-4-6-14/h2-6,15H,7-11H2,1H3. The van der Waals surface area contributed by atoms with Crippen LogP contribution in [0, 0.1) is 16.7 Å². The highest BCUT2D eigenvalue weighted by molar-refractivity contribution is 6.21. The number of amides is 1. The molecule has 1 aliphatic heterocycles. The van der Waals surface area contributed by atoms with E-state index in [4.69, 9.17) is 16.3 Å². The Labute approximate surface area is 140 Å². The topological polar surface area (TPSA) is 70.4 Å². The molecule has 0 aliphatic carbocycles. The lowest BCUT2D eigenvalue weighted by molar-refractivity contribution is -0.148. The number of alkyl halides is 1. The van der Waals surface area contributed by atoms with Gasteiger partial charge in [0.2, 0.25) is 0 Å². The van der Waals surface area contributed by atoms with E-state index in [9.17, 15) is 14.9 Å². The fourth-order valence-electron chi connectivity index (χ4n) is 2.64. The average Bonchev–Trinajstić information content (AvgIpc) is 2.60. The van der Waals surface area contributed by atoms with Gasteiger partial charge < -0.3 is 9.64 Å². The molecule has 0 saturated carbocycles. The van der Waals surface area contributed by atoms with Crippen LogP contribution in [0.3, 0.4) is 0 Å². The summed E-state index contributed by atoms with van der Waals surface area (Å²) in [7, 11) is 0. The molecule has 6 heteroatoms. The molecule has 2 atom stereocenters. The van der Waals surface area contributed by atoms with Crippen LogP contribution in [0.25, 0.3) is 0 Å². The minimum atomic E-state index is -1.75. The molecular weight excluding hydrogens is 316 g/mol. The summed E-state index contributed by atoms with van der Waals surface area (Å²) in [6, 6.07) is 11.1. The van der Waals surface area contributed by atoms with Crippen molar-refractivity contribution in [2.75, 3.05) is 26.3 Å². The number of Topliss-reactive ketones (excluding diaryl/α,β-unsaturated/α-hetero) is 1. The van der Waals surface area contributed by atoms with E-state index in [1.165, 1.54) is 11.8 Å². The van der Waals surface area contributed by atoms with Gasteiger partial charge in [-0.3, -0.25) is 9.59 Å². The summed E-state index contributed by atoms with van der Waals surface area (Å²) in [5.41, 5.74) is -0.968. The third kappa shape index (κ3) is 3.72. The molecule has 2 rings (SSSR count). The van der Waals surface area contributed by atoms with E-state index in [1.54, 1.807) is 0 Å². The Balaban J connectivity index is 2.26. The van der Waals surface area contributed by atoms with E-state index in [0.29, 0.717) is 26.3 Å². The van der Waals surface area contributed by atoms with Crippen molar-refractivity contribution in [3.63, 3.8) is 0 Å². The number of nitrogens with zero attached hydrogens (tertiary/aromatic N) is 2. The van der Waals surface area contributed by atoms with Crippen molar-refractivity contribution in [1.82, 2.24) is 4.90 Å². The van der Waals surface area contributed by atoms with Gasteiger partial charge in [0, 0.05) is 19.5 Å². The van der Waals surface area contributed by atoms with E-state index in [2.05, 4.69) is 0 Å². The molecule has 1 heterocycles. The first-order valence-corrected chi connectivity index (χ1v) is 7.93. The Hall–Kier alpha value is -1.90. The van der Waals surface area contributed by atoms with E-state index in [1.807, 2.05) is 36.4 Å². The van der Waals surface area contributed by atoms with Gasteiger partial charge in [0.1, 0.15) is 0 Å². The van der Waals surface area contributed by atoms with Gasteiger partial charge in [-0.1, -0.05) is 30.3 Å². The Morgan fingerprint density at radius 1 is 1.35 bits per heavy atom. The molecule has 0 radical (unpaired) electrons. The zero-order valence-corrected chi connectivity index (χ0v) is 13.8. The van der Waals surface area contributed by atoms with Crippen molar-refractivity contribution in [2.24, 2.45) is 5.41 Å². The molecule has 5 nitrogen and oxygen atoms in total. The molecular formula is C17H19ClN2O3. The van der Waals surface area contributed by atoms with Crippen molar-refractivity contribution >= 4 is 23.3 Å². The van der Waals surface area contributed by atoms with Crippen LogP contribution in [0.5, 0.6) is 0 Å². The van der Waals surface area contributed by atoms with Gasteiger partial charge in [-0.2, -0.15) is 5.26 Å². The number of carbonyl (C=O) groups excluding carboxylic acids is 2. The third-order valence-corrected chi connectivity index (χ3v) is 4.51. The molecule has 23 heavy (non-hydrogen) atoms. The number of hydrogen-bond acceptors (Lipinski definition) is 4. The zero-order valence-electron chi connectivity index (χ0n) is 13.0. The molecule has 0 bridgehead atoms. The number of rotatable bonds is 5. The maximum Gasteiger partial charge on any atom is 0.250 e. The SMILES string of the molecule is CC(=O)C(C#N)(CC(Cl)c1ccccc1)C(=O)N1CCOCC1. The van der Waals surface area contributed by atoms with Crippen LogP contribution in [-0.2, 0) is 14.3 Å². The van der Waals surface area contributed by atoms with Crippen molar-refractivity contribution in [1.29, 1.82) is 5.26 Å². The minimum Gasteiger partial charge on any atom is -0.378 e. The summed E-state index contributed by atoms with van der Waals surface area (Å²) < 4.78 is 5.22. The van der Waals surface area contributed by atoms with Crippen LogP contribution < -0.4 is 0 Å². The van der Waals surface area contributed by atoms with Crippen molar-refractivity contribution in [3.05, 3.63) is 35.9 Å². The number of hydrogen-bond donors (Lipinski definition) is 0. The van der Waals surface area contributed by atoms with E-state index in [0.717, 1.165) is 5.56 Å².